The summed E-state index contributed by atoms with van der Waals surface area (Å²) in [6.45, 7) is 0. The first kappa shape index (κ1) is 12.5. The van der Waals surface area contributed by atoms with E-state index in [9.17, 15) is 14.4 Å². The number of aromatic carboxylic acids is 1. The number of methoxy groups -OCH3 is 1. The van der Waals surface area contributed by atoms with Crippen LogP contribution in [0.1, 0.15) is 20.7 Å². The Labute approximate surface area is 95.7 Å². The van der Waals surface area contributed by atoms with Gasteiger partial charge in [-0.15, -0.1) is 0 Å². The molecular formula is C10H9NO6. The van der Waals surface area contributed by atoms with E-state index in [4.69, 9.17) is 10.8 Å². The number of carbonyl (C=O) groups is 3. The van der Waals surface area contributed by atoms with Gasteiger partial charge in [-0.05, 0) is 12.1 Å². The fraction of sp³-hybridized carbons (Fsp3) is 0.100. The predicted molar refractivity (Wildman–Crippen MR) is 55.0 cm³/mol. The SMILES string of the molecule is COC(=O)c1cccc(C(=O)O)c1OC(N)=O. The lowest BCUT2D eigenvalue weighted by Crippen LogP contribution is -2.20. The average Bonchev–Trinajstić information content (AvgIpc) is 2.27. The molecule has 7 heteroatoms. The van der Waals surface area contributed by atoms with E-state index in [0.29, 0.717) is 0 Å². The van der Waals surface area contributed by atoms with Crippen LogP contribution in [-0.2, 0) is 4.74 Å². The Morgan fingerprint density at radius 2 is 1.82 bits per heavy atom. The molecule has 0 aromatic heterocycles. The van der Waals surface area contributed by atoms with Crippen molar-refractivity contribution in [3.8, 4) is 5.75 Å². The maximum Gasteiger partial charge on any atom is 0.410 e. The quantitative estimate of drug-likeness (QED) is 0.747. The number of amides is 1. The molecule has 0 saturated heterocycles. The van der Waals surface area contributed by atoms with E-state index in [1.807, 2.05) is 0 Å². The molecule has 0 spiro atoms. The summed E-state index contributed by atoms with van der Waals surface area (Å²) < 4.78 is 8.95. The minimum Gasteiger partial charge on any atom is -0.478 e. The van der Waals surface area contributed by atoms with Crippen molar-refractivity contribution in [3.05, 3.63) is 29.3 Å². The molecule has 0 radical (unpaired) electrons. The van der Waals surface area contributed by atoms with E-state index in [1.54, 1.807) is 0 Å². The Morgan fingerprint density at radius 1 is 1.24 bits per heavy atom. The fourth-order valence-electron chi connectivity index (χ4n) is 1.19. The van der Waals surface area contributed by atoms with E-state index in [-0.39, 0.29) is 11.1 Å². The summed E-state index contributed by atoms with van der Waals surface area (Å²) in [4.78, 5) is 32.9. The molecule has 90 valence electrons. The maximum atomic E-state index is 11.3. The van der Waals surface area contributed by atoms with Crippen LogP contribution < -0.4 is 10.5 Å². The number of carboxylic acid groups (broad SMARTS) is 1. The monoisotopic (exact) mass is 239 g/mol. The van der Waals surface area contributed by atoms with Gasteiger partial charge in [-0.1, -0.05) is 6.07 Å². The van der Waals surface area contributed by atoms with E-state index in [1.165, 1.54) is 18.2 Å². The lowest BCUT2D eigenvalue weighted by atomic mass is 10.1. The van der Waals surface area contributed by atoms with Gasteiger partial charge in [-0.2, -0.15) is 0 Å². The molecule has 0 fully saturated rings. The summed E-state index contributed by atoms with van der Waals surface area (Å²) in [6.07, 6.45) is -1.22. The van der Waals surface area contributed by atoms with E-state index in [0.717, 1.165) is 7.11 Å². The number of benzene rings is 1. The van der Waals surface area contributed by atoms with Gasteiger partial charge >= 0.3 is 18.0 Å². The topological polar surface area (TPSA) is 116 Å². The molecule has 0 aliphatic rings. The van der Waals surface area contributed by atoms with Crippen molar-refractivity contribution >= 4 is 18.0 Å². The van der Waals surface area contributed by atoms with Gasteiger partial charge in [0.1, 0.15) is 11.1 Å². The standard InChI is InChI=1S/C10H9NO6/c1-16-9(14)6-4-2-3-5(8(12)13)7(6)17-10(11)15/h2-4H,1H3,(H2,11,15)(H,12,13). The third-order valence-corrected chi connectivity index (χ3v) is 1.85. The minimum absolute atomic E-state index is 0.189. The van der Waals surface area contributed by atoms with Crippen molar-refractivity contribution in [2.75, 3.05) is 7.11 Å². The van der Waals surface area contributed by atoms with Crippen molar-refractivity contribution in [1.82, 2.24) is 0 Å². The van der Waals surface area contributed by atoms with Crippen molar-refractivity contribution in [1.29, 1.82) is 0 Å². The van der Waals surface area contributed by atoms with Crippen LogP contribution in [0.3, 0.4) is 0 Å². The molecule has 0 atom stereocenters. The Balaban J connectivity index is 3.38. The molecule has 1 aromatic carbocycles. The summed E-state index contributed by atoms with van der Waals surface area (Å²) in [5.41, 5.74) is 4.25. The highest BCUT2D eigenvalue weighted by Crippen LogP contribution is 2.25. The second kappa shape index (κ2) is 4.97. The zero-order valence-corrected chi connectivity index (χ0v) is 8.80. The van der Waals surface area contributed by atoms with Gasteiger partial charge < -0.3 is 20.3 Å². The lowest BCUT2D eigenvalue weighted by Gasteiger charge is -2.09. The fourth-order valence-corrected chi connectivity index (χ4v) is 1.19. The first-order valence-electron chi connectivity index (χ1n) is 4.39. The van der Waals surface area contributed by atoms with Gasteiger partial charge in [-0.25, -0.2) is 14.4 Å². The molecule has 0 aliphatic carbocycles. The lowest BCUT2D eigenvalue weighted by molar-refractivity contribution is 0.0598. The van der Waals surface area contributed by atoms with Crippen LogP contribution in [0, 0.1) is 0 Å². The molecule has 7 nitrogen and oxygen atoms in total. The van der Waals surface area contributed by atoms with Gasteiger partial charge in [0.05, 0.1) is 7.11 Å². The highest BCUT2D eigenvalue weighted by molar-refractivity contribution is 6.00. The smallest absolute Gasteiger partial charge is 0.410 e. The van der Waals surface area contributed by atoms with Crippen LogP contribution in [0.4, 0.5) is 4.79 Å². The van der Waals surface area contributed by atoms with Crippen LogP contribution in [0.2, 0.25) is 0 Å². The van der Waals surface area contributed by atoms with Crippen molar-refractivity contribution < 1.29 is 29.0 Å². The number of carboxylic acids is 1. The molecular weight excluding hydrogens is 230 g/mol. The molecule has 17 heavy (non-hydrogen) atoms. The number of carbonyl (C=O) groups excluding carboxylic acids is 2. The zero-order chi connectivity index (χ0) is 13.0. The number of primary amides is 1. The van der Waals surface area contributed by atoms with E-state index >= 15 is 0 Å². The molecule has 0 unspecified atom stereocenters. The summed E-state index contributed by atoms with van der Waals surface area (Å²) in [6, 6.07) is 3.76. The summed E-state index contributed by atoms with van der Waals surface area (Å²) >= 11 is 0. The number of para-hydroxylation sites is 1. The van der Waals surface area contributed by atoms with Crippen molar-refractivity contribution in [2.45, 2.75) is 0 Å². The van der Waals surface area contributed by atoms with Crippen LogP contribution >= 0.6 is 0 Å². The van der Waals surface area contributed by atoms with Crippen LogP contribution in [0.25, 0.3) is 0 Å². The third kappa shape index (κ3) is 2.71. The van der Waals surface area contributed by atoms with Crippen LogP contribution in [0.15, 0.2) is 18.2 Å². The molecule has 1 rings (SSSR count). The largest absolute Gasteiger partial charge is 0.478 e. The molecule has 0 aliphatic heterocycles. The molecule has 0 saturated carbocycles. The van der Waals surface area contributed by atoms with Gasteiger partial charge in [0.2, 0.25) is 0 Å². The van der Waals surface area contributed by atoms with E-state index < -0.39 is 23.8 Å². The predicted octanol–water partition coefficient (Wildman–Crippen LogP) is 0.629. The van der Waals surface area contributed by atoms with Crippen LogP contribution in [0.5, 0.6) is 5.75 Å². The Hall–Kier alpha value is -2.57. The molecule has 1 amide bonds. The summed E-state index contributed by atoms with van der Waals surface area (Å²) in [5.74, 6) is -2.62. The Morgan fingerprint density at radius 3 is 2.29 bits per heavy atom. The van der Waals surface area contributed by atoms with Gasteiger partial charge in [0, 0.05) is 0 Å². The number of esters is 1. The second-order valence-electron chi connectivity index (χ2n) is 2.90. The first-order chi connectivity index (χ1) is 7.97. The molecule has 1 aromatic rings. The van der Waals surface area contributed by atoms with Gasteiger partial charge in [0.15, 0.2) is 5.75 Å². The molecule has 0 bridgehead atoms. The van der Waals surface area contributed by atoms with Crippen molar-refractivity contribution in [2.24, 2.45) is 5.73 Å². The van der Waals surface area contributed by atoms with Gasteiger partial charge in [-0.3, -0.25) is 0 Å². The number of hydrogen-bond acceptors (Lipinski definition) is 5. The average molecular weight is 239 g/mol. The minimum atomic E-state index is -1.35. The molecule has 0 heterocycles. The van der Waals surface area contributed by atoms with Crippen molar-refractivity contribution in [3.63, 3.8) is 0 Å². The second-order valence-corrected chi connectivity index (χ2v) is 2.90. The van der Waals surface area contributed by atoms with Crippen LogP contribution in [-0.4, -0.2) is 30.2 Å². The number of hydrogen-bond donors (Lipinski definition) is 2. The number of ether oxygens (including phenoxy) is 2. The number of nitrogens with two attached hydrogens (primary N) is 1. The number of rotatable bonds is 3. The molecule has 3 N–H and O–H groups in total. The third-order valence-electron chi connectivity index (χ3n) is 1.85. The first-order valence-corrected chi connectivity index (χ1v) is 4.39. The zero-order valence-electron chi connectivity index (χ0n) is 8.80. The normalized spacial score (nSPS) is 9.47. The Bertz CT molecular complexity index is 482. The Kier molecular flexibility index (Phi) is 3.66. The maximum absolute atomic E-state index is 11.3. The summed E-state index contributed by atoms with van der Waals surface area (Å²) in [7, 11) is 1.11. The van der Waals surface area contributed by atoms with E-state index in [2.05, 4.69) is 9.47 Å². The highest BCUT2D eigenvalue weighted by atomic mass is 16.6. The van der Waals surface area contributed by atoms with Gasteiger partial charge in [0.25, 0.3) is 0 Å². The summed E-state index contributed by atoms with van der Waals surface area (Å²) in [5, 5.41) is 8.87. The highest BCUT2D eigenvalue weighted by Gasteiger charge is 2.22.